The van der Waals surface area contributed by atoms with Crippen LogP contribution in [0.5, 0.6) is 0 Å². The van der Waals surface area contributed by atoms with Crippen molar-refractivity contribution in [2.45, 2.75) is 26.9 Å². The van der Waals surface area contributed by atoms with Crippen molar-refractivity contribution in [3.05, 3.63) is 0 Å². The zero-order chi connectivity index (χ0) is 6.85. The number of rotatable bonds is 1. The van der Waals surface area contributed by atoms with E-state index in [1.807, 2.05) is 6.92 Å². The Morgan fingerprint density at radius 3 is 2.56 bits per heavy atom. The lowest BCUT2D eigenvalue weighted by atomic mass is 10.2. The van der Waals surface area contributed by atoms with Gasteiger partial charge in [-0.1, -0.05) is 13.8 Å². The highest BCUT2D eigenvalue weighted by molar-refractivity contribution is 5.78. The van der Waals surface area contributed by atoms with E-state index in [2.05, 4.69) is 24.3 Å². The van der Waals surface area contributed by atoms with Crippen molar-refractivity contribution in [1.82, 2.24) is 5.48 Å². The van der Waals surface area contributed by atoms with Gasteiger partial charge in [0.15, 0.2) is 0 Å². The van der Waals surface area contributed by atoms with Gasteiger partial charge in [0, 0.05) is 5.92 Å². The average Bonchev–Trinajstić information content (AvgIpc) is 2.14. The summed E-state index contributed by atoms with van der Waals surface area (Å²) in [7, 11) is 0. The number of nitrogens with one attached hydrogen (secondary N) is 1. The van der Waals surface area contributed by atoms with E-state index in [-0.39, 0.29) is 6.17 Å². The first-order valence-electron chi connectivity index (χ1n) is 3.20. The van der Waals surface area contributed by atoms with E-state index >= 15 is 0 Å². The summed E-state index contributed by atoms with van der Waals surface area (Å²) in [6.07, 6.45) is 0.127. The van der Waals surface area contributed by atoms with Crippen molar-refractivity contribution in [2.75, 3.05) is 0 Å². The van der Waals surface area contributed by atoms with Gasteiger partial charge in [-0.05, 0) is 6.92 Å². The van der Waals surface area contributed by atoms with Crippen LogP contribution in [0.15, 0.2) is 4.99 Å². The standard InChI is InChI=1S/C6H12N2O/c1-4(2)6-7-5(3)8-9-6/h4-5,8H,1-3H3/t5-/m1/s1. The van der Waals surface area contributed by atoms with Gasteiger partial charge >= 0.3 is 0 Å². The molecule has 0 aliphatic carbocycles. The third kappa shape index (κ3) is 1.42. The molecule has 1 N–H and O–H groups in total. The highest BCUT2D eigenvalue weighted by Crippen LogP contribution is 2.05. The molecule has 0 aromatic carbocycles. The van der Waals surface area contributed by atoms with Crippen LogP contribution in [0.1, 0.15) is 20.8 Å². The summed E-state index contributed by atoms with van der Waals surface area (Å²) in [5.41, 5.74) is 2.75. The number of nitrogens with zero attached hydrogens (tertiary/aromatic N) is 1. The minimum atomic E-state index is 0.127. The van der Waals surface area contributed by atoms with E-state index in [0.29, 0.717) is 5.92 Å². The summed E-state index contributed by atoms with van der Waals surface area (Å²) in [6.45, 7) is 6.06. The predicted octanol–water partition coefficient (Wildman–Crippen LogP) is 0.922. The maximum atomic E-state index is 5.03. The van der Waals surface area contributed by atoms with Gasteiger partial charge in [0.25, 0.3) is 0 Å². The maximum absolute atomic E-state index is 5.03. The van der Waals surface area contributed by atoms with E-state index < -0.39 is 0 Å². The van der Waals surface area contributed by atoms with Crippen LogP contribution in [-0.2, 0) is 4.84 Å². The molecule has 0 radical (unpaired) electrons. The molecule has 0 unspecified atom stereocenters. The Labute approximate surface area is 55.1 Å². The predicted molar refractivity (Wildman–Crippen MR) is 36.0 cm³/mol. The molecule has 52 valence electrons. The Morgan fingerprint density at radius 1 is 1.67 bits per heavy atom. The SMILES string of the molecule is CC(C)C1=N[C@@H](C)NO1. The van der Waals surface area contributed by atoms with Crippen molar-refractivity contribution in [3.8, 4) is 0 Å². The van der Waals surface area contributed by atoms with Gasteiger partial charge in [-0.2, -0.15) is 0 Å². The molecule has 1 heterocycles. The number of aliphatic imine (C=N–C) groups is 1. The molecule has 0 saturated heterocycles. The first kappa shape index (κ1) is 6.55. The monoisotopic (exact) mass is 128 g/mol. The quantitative estimate of drug-likeness (QED) is 0.569. The second-order valence-electron chi connectivity index (χ2n) is 2.52. The third-order valence-corrected chi connectivity index (χ3v) is 1.15. The lowest BCUT2D eigenvalue weighted by Crippen LogP contribution is -2.18. The van der Waals surface area contributed by atoms with Gasteiger partial charge in [-0.15, -0.1) is 5.48 Å². The third-order valence-electron chi connectivity index (χ3n) is 1.15. The lowest BCUT2D eigenvalue weighted by molar-refractivity contribution is 0.176. The first-order valence-corrected chi connectivity index (χ1v) is 3.20. The topological polar surface area (TPSA) is 33.6 Å². The molecule has 0 spiro atoms. The normalized spacial score (nSPS) is 26.2. The van der Waals surface area contributed by atoms with Crippen molar-refractivity contribution in [2.24, 2.45) is 10.9 Å². The Hall–Kier alpha value is -0.570. The van der Waals surface area contributed by atoms with E-state index in [0.717, 1.165) is 5.90 Å². The summed E-state index contributed by atoms with van der Waals surface area (Å²) in [5.74, 6) is 1.20. The van der Waals surface area contributed by atoms with Gasteiger partial charge in [-0.3, -0.25) is 0 Å². The van der Waals surface area contributed by atoms with E-state index in [4.69, 9.17) is 4.84 Å². The Kier molecular flexibility index (Phi) is 1.71. The fraction of sp³-hybridized carbons (Fsp3) is 0.833. The van der Waals surface area contributed by atoms with Crippen LogP contribution in [-0.4, -0.2) is 12.1 Å². The second kappa shape index (κ2) is 2.35. The molecule has 9 heavy (non-hydrogen) atoms. The van der Waals surface area contributed by atoms with Crippen LogP contribution >= 0.6 is 0 Å². The van der Waals surface area contributed by atoms with Crippen LogP contribution in [0.2, 0.25) is 0 Å². The molecule has 0 saturated carbocycles. The van der Waals surface area contributed by atoms with Crippen LogP contribution in [0.4, 0.5) is 0 Å². The number of hydroxylamine groups is 1. The molecule has 0 fully saturated rings. The molecule has 1 atom stereocenters. The molecule has 3 nitrogen and oxygen atoms in total. The molecule has 0 bridgehead atoms. The summed E-state index contributed by atoms with van der Waals surface area (Å²) < 4.78 is 0. The Balaban J connectivity index is 2.52. The largest absolute Gasteiger partial charge is 0.391 e. The van der Waals surface area contributed by atoms with Crippen LogP contribution in [0.25, 0.3) is 0 Å². The summed E-state index contributed by atoms with van der Waals surface area (Å²) in [5, 5.41) is 0. The summed E-state index contributed by atoms with van der Waals surface area (Å²) in [6, 6.07) is 0. The molecule has 0 aromatic heterocycles. The van der Waals surface area contributed by atoms with Crippen LogP contribution in [0, 0.1) is 5.92 Å². The Bertz CT molecular complexity index is 131. The number of hydrogen-bond donors (Lipinski definition) is 1. The molecule has 1 rings (SSSR count). The molecule has 0 aromatic rings. The molecule has 1 aliphatic rings. The summed E-state index contributed by atoms with van der Waals surface area (Å²) >= 11 is 0. The minimum Gasteiger partial charge on any atom is -0.391 e. The molecule has 0 amide bonds. The van der Waals surface area contributed by atoms with Gasteiger partial charge in [0.05, 0.1) is 0 Å². The molecular formula is C6H12N2O. The maximum Gasteiger partial charge on any atom is 0.213 e. The van der Waals surface area contributed by atoms with Gasteiger partial charge in [0.1, 0.15) is 6.17 Å². The van der Waals surface area contributed by atoms with Crippen molar-refractivity contribution >= 4 is 5.90 Å². The van der Waals surface area contributed by atoms with Crippen LogP contribution in [0.3, 0.4) is 0 Å². The number of hydrogen-bond acceptors (Lipinski definition) is 3. The first-order chi connectivity index (χ1) is 4.20. The van der Waals surface area contributed by atoms with Gasteiger partial charge < -0.3 is 4.84 Å². The fourth-order valence-corrected chi connectivity index (χ4v) is 0.656. The fourth-order valence-electron chi connectivity index (χ4n) is 0.656. The van der Waals surface area contributed by atoms with E-state index in [1.165, 1.54) is 0 Å². The highest BCUT2D eigenvalue weighted by atomic mass is 16.7. The average molecular weight is 128 g/mol. The minimum absolute atomic E-state index is 0.127. The van der Waals surface area contributed by atoms with Gasteiger partial charge in [0.2, 0.25) is 5.90 Å². The van der Waals surface area contributed by atoms with E-state index in [9.17, 15) is 0 Å². The Morgan fingerprint density at radius 2 is 2.33 bits per heavy atom. The van der Waals surface area contributed by atoms with Crippen molar-refractivity contribution in [3.63, 3.8) is 0 Å². The summed E-state index contributed by atoms with van der Waals surface area (Å²) in [4.78, 5) is 9.20. The zero-order valence-corrected chi connectivity index (χ0v) is 6.01. The van der Waals surface area contributed by atoms with Crippen LogP contribution < -0.4 is 5.48 Å². The van der Waals surface area contributed by atoms with E-state index in [1.54, 1.807) is 0 Å². The second-order valence-corrected chi connectivity index (χ2v) is 2.52. The van der Waals surface area contributed by atoms with Crippen molar-refractivity contribution in [1.29, 1.82) is 0 Å². The zero-order valence-electron chi connectivity index (χ0n) is 6.01. The molecular weight excluding hydrogens is 116 g/mol. The van der Waals surface area contributed by atoms with Gasteiger partial charge in [-0.25, -0.2) is 4.99 Å². The smallest absolute Gasteiger partial charge is 0.213 e. The molecule has 1 aliphatic heterocycles. The highest BCUT2D eigenvalue weighted by Gasteiger charge is 2.15. The lowest BCUT2D eigenvalue weighted by Gasteiger charge is -2.01. The molecule has 3 heteroatoms. The van der Waals surface area contributed by atoms with Crippen molar-refractivity contribution < 1.29 is 4.84 Å².